The lowest BCUT2D eigenvalue weighted by Gasteiger charge is -2.46. The lowest BCUT2D eigenvalue weighted by molar-refractivity contribution is 0.0131. The van der Waals surface area contributed by atoms with Crippen molar-refractivity contribution in [2.45, 2.75) is 82.3 Å². The fraction of sp³-hybridized carbons (Fsp3) is 0.525. The van der Waals surface area contributed by atoms with Crippen molar-refractivity contribution >= 4 is 39.0 Å². The largest absolute Gasteiger partial charge is 0.490 e. The van der Waals surface area contributed by atoms with Crippen molar-refractivity contribution in [1.29, 1.82) is 0 Å². The SMILES string of the molecule is CO[C@H]1/C=C/C[C@H](C)CS(=O)(NC(=O)c2cnn(C3CCC3)c2)=NC(=O)c2ccc3c(c2)N(C[C@@H]2CC[C@H]21)C[C@@]1(CCCc2cc(Cl)ccc21)CO3. The molecule has 2 bridgehead atoms. The van der Waals surface area contributed by atoms with E-state index < -0.39 is 21.7 Å². The zero-order valence-electron chi connectivity index (χ0n) is 30.0. The Balaban J connectivity index is 1.17. The number of aryl methyl sites for hydroxylation is 1. The summed E-state index contributed by atoms with van der Waals surface area (Å²) in [5, 5.41) is 5.12. The Morgan fingerprint density at radius 2 is 2.00 bits per heavy atom. The molecule has 2 amide bonds. The van der Waals surface area contributed by atoms with Crippen LogP contribution in [0.3, 0.4) is 0 Å². The van der Waals surface area contributed by atoms with Crippen LogP contribution in [0.2, 0.25) is 5.02 Å². The molecule has 2 fully saturated rings. The van der Waals surface area contributed by atoms with Gasteiger partial charge in [0.2, 0.25) is 0 Å². The summed E-state index contributed by atoms with van der Waals surface area (Å²) in [6.45, 7) is 3.98. The van der Waals surface area contributed by atoms with Crippen LogP contribution in [-0.2, 0) is 26.5 Å². The number of fused-ring (bicyclic) bond motifs is 4. The van der Waals surface area contributed by atoms with E-state index in [9.17, 15) is 13.8 Å². The summed E-state index contributed by atoms with van der Waals surface area (Å²) < 4.78 is 36.1. The molecule has 1 N–H and O–H groups in total. The number of hydrogen-bond donors (Lipinski definition) is 1. The van der Waals surface area contributed by atoms with Gasteiger partial charge in [0.25, 0.3) is 11.8 Å². The van der Waals surface area contributed by atoms with Gasteiger partial charge in [-0.25, -0.2) is 4.21 Å². The first-order valence-electron chi connectivity index (χ1n) is 18.8. The Labute approximate surface area is 311 Å². The van der Waals surface area contributed by atoms with Gasteiger partial charge >= 0.3 is 0 Å². The Kier molecular flexibility index (Phi) is 9.72. The Bertz CT molecular complexity index is 2020. The highest BCUT2D eigenvalue weighted by Crippen LogP contribution is 2.47. The summed E-state index contributed by atoms with van der Waals surface area (Å²) >= 11 is 6.47. The summed E-state index contributed by atoms with van der Waals surface area (Å²) in [6, 6.07) is 11.9. The number of aromatic nitrogens is 2. The smallest absolute Gasteiger partial charge is 0.286 e. The van der Waals surface area contributed by atoms with Gasteiger partial charge in [0.15, 0.2) is 0 Å². The minimum Gasteiger partial charge on any atom is -0.490 e. The number of nitrogens with one attached hydrogen (secondary N) is 1. The second kappa shape index (κ2) is 14.3. The molecule has 276 valence electrons. The van der Waals surface area contributed by atoms with Gasteiger partial charge in [0.1, 0.15) is 15.7 Å². The molecule has 2 aliphatic heterocycles. The van der Waals surface area contributed by atoms with Gasteiger partial charge in [-0.3, -0.25) is 19.0 Å². The quantitative estimate of drug-likeness (QED) is 0.278. The number of hydrogen-bond acceptors (Lipinski definition) is 7. The van der Waals surface area contributed by atoms with Crippen LogP contribution in [-0.4, -0.2) is 64.5 Å². The number of benzene rings is 2. The highest BCUT2D eigenvalue weighted by atomic mass is 35.5. The third kappa shape index (κ3) is 6.92. The average molecular weight is 746 g/mol. The van der Waals surface area contributed by atoms with Gasteiger partial charge in [-0.05, 0) is 117 Å². The number of nitrogens with zero attached hydrogens (tertiary/aromatic N) is 4. The lowest BCUT2D eigenvalue weighted by atomic mass is 9.68. The van der Waals surface area contributed by atoms with Crippen LogP contribution in [0.5, 0.6) is 5.75 Å². The van der Waals surface area contributed by atoms with Crippen LogP contribution >= 0.6 is 11.6 Å². The first-order valence-corrected chi connectivity index (χ1v) is 20.8. The number of carbonyl (C=O) groups excluding carboxylic acids is 2. The normalized spacial score (nSPS) is 31.1. The third-order valence-electron chi connectivity index (χ3n) is 12.1. The number of methoxy groups -OCH3 is 1. The molecule has 8 rings (SSSR count). The maximum absolute atomic E-state index is 14.6. The number of rotatable bonds is 4. The molecule has 0 radical (unpaired) electrons. The van der Waals surface area contributed by atoms with Crippen molar-refractivity contribution in [1.82, 2.24) is 14.5 Å². The number of amides is 2. The Hall–Kier alpha value is -3.67. The van der Waals surface area contributed by atoms with Crippen molar-refractivity contribution in [3.8, 4) is 5.75 Å². The first-order chi connectivity index (χ1) is 25.1. The molecule has 52 heavy (non-hydrogen) atoms. The third-order valence-corrected chi connectivity index (χ3v) is 14.3. The molecule has 3 aliphatic carbocycles. The minimum absolute atomic E-state index is 0.0153. The van der Waals surface area contributed by atoms with E-state index in [0.29, 0.717) is 41.7 Å². The molecule has 1 aromatic heterocycles. The molecule has 6 atom stereocenters. The Morgan fingerprint density at radius 3 is 2.77 bits per heavy atom. The van der Waals surface area contributed by atoms with Crippen molar-refractivity contribution in [2.75, 3.05) is 37.5 Å². The number of allylic oxidation sites excluding steroid dienone is 1. The van der Waals surface area contributed by atoms with Gasteiger partial charge in [-0.1, -0.05) is 36.7 Å². The predicted molar refractivity (Wildman–Crippen MR) is 202 cm³/mol. The van der Waals surface area contributed by atoms with E-state index in [1.165, 1.54) is 17.3 Å². The Morgan fingerprint density at radius 1 is 1.13 bits per heavy atom. The fourth-order valence-electron chi connectivity index (χ4n) is 8.88. The van der Waals surface area contributed by atoms with E-state index in [1.807, 2.05) is 25.1 Å². The van der Waals surface area contributed by atoms with E-state index in [1.54, 1.807) is 24.1 Å². The average Bonchev–Trinajstić information content (AvgIpc) is 3.50. The van der Waals surface area contributed by atoms with E-state index in [0.717, 1.165) is 75.2 Å². The van der Waals surface area contributed by atoms with Gasteiger partial charge in [-0.15, -0.1) is 4.36 Å². The van der Waals surface area contributed by atoms with Crippen molar-refractivity contribution in [3.05, 3.63) is 88.2 Å². The maximum Gasteiger partial charge on any atom is 0.286 e. The number of ether oxygens (including phenoxy) is 2. The zero-order valence-corrected chi connectivity index (χ0v) is 31.5. The van der Waals surface area contributed by atoms with E-state index in [2.05, 4.69) is 43.4 Å². The fourth-order valence-corrected chi connectivity index (χ4v) is 11.0. The number of carbonyl (C=O) groups is 2. The zero-order chi connectivity index (χ0) is 36.0. The molecular formula is C40H48ClN5O5S. The van der Waals surface area contributed by atoms with Crippen LogP contribution < -0.4 is 14.4 Å². The van der Waals surface area contributed by atoms with Crippen LogP contribution in [0.1, 0.15) is 96.2 Å². The molecule has 2 saturated carbocycles. The standard InChI is InChI=1S/C40H48ClN5O5S/c1-26-6-3-10-36(50-2)33-14-11-29(33)21-45-24-40(17-5-7-27-18-31(41)13-15-34(27)40)25-51-37-16-12-28(19-35(37)45)38(47)43-52(49,23-26)44-39(48)30-20-42-46(22-30)32-8-4-9-32/h3,10,12-13,15-16,18-20,22,26,29,32-33,36H,4-9,11,14,17,21,23-25H2,1-2H3,(H,43,44,47,48,49)/b10-3+/t26-,29-,33+,36-,40-,52?/m0/s1. The second-order valence-electron chi connectivity index (χ2n) is 15.7. The maximum atomic E-state index is 14.6. The molecule has 10 nitrogen and oxygen atoms in total. The lowest BCUT2D eigenvalue weighted by Crippen LogP contribution is -2.49. The van der Waals surface area contributed by atoms with Crippen LogP contribution in [0.4, 0.5) is 5.69 Å². The molecule has 0 saturated heterocycles. The second-order valence-corrected chi connectivity index (χ2v) is 18.1. The minimum atomic E-state index is -3.52. The summed E-state index contributed by atoms with van der Waals surface area (Å²) in [6.07, 6.45) is 16.3. The van der Waals surface area contributed by atoms with Crippen LogP contribution in [0.15, 0.2) is 65.3 Å². The highest BCUT2D eigenvalue weighted by molar-refractivity contribution is 7.92. The molecular weight excluding hydrogens is 698 g/mol. The van der Waals surface area contributed by atoms with E-state index >= 15 is 0 Å². The van der Waals surface area contributed by atoms with Gasteiger partial charge in [0.05, 0.1) is 42.0 Å². The number of anilines is 1. The molecule has 1 unspecified atom stereocenters. The van der Waals surface area contributed by atoms with E-state index in [-0.39, 0.29) is 29.2 Å². The predicted octanol–water partition coefficient (Wildman–Crippen LogP) is 7.33. The molecule has 3 heterocycles. The topological polar surface area (TPSA) is 115 Å². The summed E-state index contributed by atoms with van der Waals surface area (Å²) in [5.74, 6) is 0.132. The highest BCUT2D eigenvalue weighted by Gasteiger charge is 2.44. The molecule has 1 spiro atoms. The monoisotopic (exact) mass is 745 g/mol. The summed E-state index contributed by atoms with van der Waals surface area (Å²) in [7, 11) is -1.75. The van der Waals surface area contributed by atoms with Gasteiger partial charge < -0.3 is 14.4 Å². The van der Waals surface area contributed by atoms with Gasteiger partial charge in [0, 0.05) is 42.4 Å². The van der Waals surface area contributed by atoms with Crippen molar-refractivity contribution < 1.29 is 23.3 Å². The molecule has 12 heteroatoms. The molecule has 2 aromatic carbocycles. The summed E-state index contributed by atoms with van der Waals surface area (Å²) in [5.41, 5.74) is 3.72. The number of halogens is 1. The van der Waals surface area contributed by atoms with Gasteiger partial charge in [-0.2, -0.15) is 5.10 Å². The van der Waals surface area contributed by atoms with Crippen LogP contribution in [0, 0.1) is 17.8 Å². The van der Waals surface area contributed by atoms with E-state index in [4.69, 9.17) is 21.1 Å². The first kappa shape index (κ1) is 35.4. The molecule has 5 aliphatic rings. The van der Waals surface area contributed by atoms with Crippen molar-refractivity contribution in [3.63, 3.8) is 0 Å². The van der Waals surface area contributed by atoms with Crippen molar-refractivity contribution in [2.24, 2.45) is 22.1 Å². The van der Waals surface area contributed by atoms with Crippen LogP contribution in [0.25, 0.3) is 0 Å². The molecule has 3 aromatic rings. The summed E-state index contributed by atoms with van der Waals surface area (Å²) in [4.78, 5) is 30.0.